The highest BCUT2D eigenvalue weighted by Gasteiger charge is 2.27. The van der Waals surface area contributed by atoms with Crippen LogP contribution >= 0.6 is 23.2 Å². The predicted molar refractivity (Wildman–Crippen MR) is 160 cm³/mol. The zero-order valence-corrected chi connectivity index (χ0v) is 23.6. The van der Waals surface area contributed by atoms with Gasteiger partial charge in [-0.15, -0.1) is 0 Å². The maximum Gasteiger partial charge on any atom is 0.326 e. The molecule has 2 aliphatic heterocycles. The number of carbonyl (C=O) groups excluding carboxylic acids is 1. The molecular formula is C31H30Cl2FN5O. The van der Waals surface area contributed by atoms with Gasteiger partial charge in [-0.2, -0.15) is 0 Å². The van der Waals surface area contributed by atoms with E-state index in [-0.39, 0.29) is 11.1 Å². The third kappa shape index (κ3) is 5.59. The fourth-order valence-electron chi connectivity index (χ4n) is 5.73. The molecule has 4 aromatic rings. The largest absolute Gasteiger partial charge is 0.372 e. The first-order chi connectivity index (χ1) is 19.5. The van der Waals surface area contributed by atoms with Crippen LogP contribution in [0.3, 0.4) is 0 Å². The molecule has 1 saturated heterocycles. The Hall–Kier alpha value is -3.39. The zero-order chi connectivity index (χ0) is 27.6. The van der Waals surface area contributed by atoms with Gasteiger partial charge in [0.2, 0.25) is 0 Å². The molecule has 9 heteroatoms. The summed E-state index contributed by atoms with van der Waals surface area (Å²) < 4.78 is 15.7. The molecule has 1 fully saturated rings. The molecule has 1 N–H and O–H groups in total. The highest BCUT2D eigenvalue weighted by molar-refractivity contribution is 6.30. The van der Waals surface area contributed by atoms with Crippen molar-refractivity contribution in [2.24, 2.45) is 0 Å². The van der Waals surface area contributed by atoms with Gasteiger partial charge in [-0.05, 0) is 72.0 Å². The number of fused-ring (bicyclic) bond motifs is 3. The molecule has 0 saturated carbocycles. The van der Waals surface area contributed by atoms with Crippen molar-refractivity contribution in [1.29, 1.82) is 0 Å². The normalized spacial score (nSPS) is 15.7. The molecule has 2 aromatic heterocycles. The maximum atomic E-state index is 13.8. The minimum absolute atomic E-state index is 0.124. The lowest BCUT2D eigenvalue weighted by atomic mass is 10.0. The number of aromatic nitrogens is 2. The molecule has 0 bridgehead atoms. The van der Waals surface area contributed by atoms with Crippen LogP contribution in [0.1, 0.15) is 35.2 Å². The molecule has 6 nitrogen and oxygen atoms in total. The molecule has 2 aliphatic rings. The molecule has 4 heterocycles. The summed E-state index contributed by atoms with van der Waals surface area (Å²) in [6, 6.07) is 14.8. The van der Waals surface area contributed by atoms with Crippen molar-refractivity contribution in [2.75, 3.05) is 31.1 Å². The van der Waals surface area contributed by atoms with Crippen molar-refractivity contribution in [2.45, 2.75) is 32.4 Å². The number of nitrogens with one attached hydrogen (secondary N) is 1. The van der Waals surface area contributed by atoms with Gasteiger partial charge in [0.05, 0.1) is 10.5 Å². The Morgan fingerprint density at radius 1 is 1.05 bits per heavy atom. The number of amides is 1. The highest BCUT2D eigenvalue weighted by atomic mass is 35.5. The summed E-state index contributed by atoms with van der Waals surface area (Å²) in [5.74, 6) is -0.418. The van der Waals surface area contributed by atoms with E-state index >= 15 is 0 Å². The fraction of sp³-hybridized carbons (Fsp3) is 0.290. The first-order valence-electron chi connectivity index (χ1n) is 13.6. The Balaban J connectivity index is 1.27. The number of halogens is 3. The Morgan fingerprint density at radius 2 is 1.90 bits per heavy atom. The molecular weight excluding hydrogens is 548 g/mol. The van der Waals surface area contributed by atoms with E-state index in [1.54, 1.807) is 18.3 Å². The van der Waals surface area contributed by atoms with Gasteiger partial charge in [0.15, 0.2) is 0 Å². The molecule has 0 spiro atoms. The zero-order valence-electron chi connectivity index (χ0n) is 22.0. The van der Waals surface area contributed by atoms with Crippen LogP contribution in [0.15, 0.2) is 60.8 Å². The molecule has 40 heavy (non-hydrogen) atoms. The minimum atomic E-state index is -0.418. The van der Waals surface area contributed by atoms with E-state index in [1.807, 2.05) is 22.8 Å². The molecule has 1 amide bonds. The smallest absolute Gasteiger partial charge is 0.326 e. The molecule has 2 aromatic carbocycles. The summed E-state index contributed by atoms with van der Waals surface area (Å²) in [5.41, 5.74) is 6.05. The molecule has 0 radical (unpaired) electrons. The van der Waals surface area contributed by atoms with E-state index in [9.17, 15) is 9.18 Å². The summed E-state index contributed by atoms with van der Waals surface area (Å²) in [7, 11) is 0. The molecule has 0 aliphatic carbocycles. The van der Waals surface area contributed by atoms with Gasteiger partial charge in [0.1, 0.15) is 11.0 Å². The van der Waals surface area contributed by atoms with Crippen molar-refractivity contribution in [3.8, 4) is 0 Å². The van der Waals surface area contributed by atoms with Crippen molar-refractivity contribution < 1.29 is 9.18 Å². The molecule has 0 unspecified atom stereocenters. The summed E-state index contributed by atoms with van der Waals surface area (Å²) >= 11 is 11.9. The Bertz CT molecular complexity index is 1590. The van der Waals surface area contributed by atoms with Crippen molar-refractivity contribution in [3.05, 3.63) is 99.2 Å². The van der Waals surface area contributed by atoms with Crippen molar-refractivity contribution in [1.82, 2.24) is 19.8 Å². The van der Waals surface area contributed by atoms with Crippen LogP contribution in [0.2, 0.25) is 10.2 Å². The average Bonchev–Trinajstić information content (AvgIpc) is 3.60. The van der Waals surface area contributed by atoms with Crippen LogP contribution < -0.4 is 10.2 Å². The summed E-state index contributed by atoms with van der Waals surface area (Å²) in [6.07, 6.45) is 8.77. The number of benzene rings is 2. The number of nitrogens with zero attached hydrogens (tertiary/aromatic N) is 4. The van der Waals surface area contributed by atoms with Gasteiger partial charge in [-0.1, -0.05) is 41.4 Å². The second-order valence-electron chi connectivity index (χ2n) is 10.4. The monoisotopic (exact) mass is 577 g/mol. The van der Waals surface area contributed by atoms with Crippen LogP contribution in [0.25, 0.3) is 17.0 Å². The van der Waals surface area contributed by atoms with Crippen LogP contribution in [0.5, 0.6) is 0 Å². The minimum Gasteiger partial charge on any atom is -0.372 e. The molecule has 6 rings (SSSR count). The Morgan fingerprint density at radius 3 is 2.70 bits per heavy atom. The highest BCUT2D eigenvalue weighted by Crippen LogP contribution is 2.34. The van der Waals surface area contributed by atoms with Crippen LogP contribution in [0, 0.1) is 5.82 Å². The lowest BCUT2D eigenvalue weighted by Crippen LogP contribution is -2.34. The van der Waals surface area contributed by atoms with Gasteiger partial charge >= 0.3 is 6.03 Å². The van der Waals surface area contributed by atoms with E-state index in [0.717, 1.165) is 66.9 Å². The third-order valence-corrected chi connectivity index (χ3v) is 8.25. The number of hydrogen-bond acceptors (Lipinski definition) is 4. The van der Waals surface area contributed by atoms with Gasteiger partial charge in [0, 0.05) is 68.7 Å². The topological polar surface area (TPSA) is 53.4 Å². The summed E-state index contributed by atoms with van der Waals surface area (Å²) in [6.45, 7) is 4.75. The number of rotatable bonds is 6. The Labute approximate surface area is 243 Å². The van der Waals surface area contributed by atoms with Gasteiger partial charge in [-0.3, -0.25) is 9.47 Å². The van der Waals surface area contributed by atoms with Gasteiger partial charge < -0.3 is 10.2 Å². The lowest BCUT2D eigenvalue weighted by molar-refractivity contribution is 0.240. The quantitative estimate of drug-likeness (QED) is 0.253. The second-order valence-corrected chi connectivity index (χ2v) is 11.2. The first-order valence-corrected chi connectivity index (χ1v) is 14.4. The van der Waals surface area contributed by atoms with Crippen molar-refractivity contribution >= 4 is 51.9 Å². The Kier molecular flexibility index (Phi) is 7.78. The number of pyridine rings is 1. The third-order valence-electron chi connectivity index (χ3n) is 7.74. The number of hydrogen-bond donors (Lipinski definition) is 1. The molecule has 0 atom stereocenters. The first kappa shape index (κ1) is 26.8. The number of carbonyl (C=O) groups is 1. The van der Waals surface area contributed by atoms with E-state index in [4.69, 9.17) is 23.2 Å². The van der Waals surface area contributed by atoms with Crippen LogP contribution in [0.4, 0.5) is 14.9 Å². The van der Waals surface area contributed by atoms with Crippen LogP contribution in [-0.2, 0) is 19.5 Å². The predicted octanol–water partition coefficient (Wildman–Crippen LogP) is 6.91. The van der Waals surface area contributed by atoms with E-state index < -0.39 is 5.82 Å². The fourth-order valence-corrected chi connectivity index (χ4v) is 6.04. The molecule has 206 valence electrons. The van der Waals surface area contributed by atoms with Crippen LogP contribution in [-0.4, -0.2) is 46.7 Å². The van der Waals surface area contributed by atoms with E-state index in [0.29, 0.717) is 11.7 Å². The average molecular weight is 579 g/mol. The summed E-state index contributed by atoms with van der Waals surface area (Å²) in [5, 5.41) is 4.72. The van der Waals surface area contributed by atoms with E-state index in [2.05, 4.69) is 44.4 Å². The SMILES string of the molecule is O=C(NCc1ccnc(Cl)c1)n1c2c(c3cc(N4CCCC4)ccc31)CN(CC=Cc1ccc(Cl)c(F)c1)CC2. The maximum absolute atomic E-state index is 13.8. The lowest BCUT2D eigenvalue weighted by Gasteiger charge is -2.27. The van der Waals surface area contributed by atoms with Gasteiger partial charge in [-0.25, -0.2) is 14.2 Å². The second kappa shape index (κ2) is 11.6. The van der Waals surface area contributed by atoms with Gasteiger partial charge in [0.25, 0.3) is 0 Å². The van der Waals surface area contributed by atoms with Crippen molar-refractivity contribution in [3.63, 3.8) is 0 Å². The van der Waals surface area contributed by atoms with E-state index in [1.165, 1.54) is 30.2 Å². The standard InChI is InChI=1S/C31H30Cl2FN5O/c32-26-7-5-21(16-27(26)34)4-3-12-37-15-10-29-25(20-37)24-18-23(38-13-1-2-14-38)6-8-28(24)39(29)31(40)36-19-22-9-11-35-30(33)17-22/h3-9,11,16-18H,1-2,10,12-15,19-20H2,(H,36,40). The summed E-state index contributed by atoms with van der Waals surface area (Å²) in [4.78, 5) is 22.4. The number of anilines is 1.